The van der Waals surface area contributed by atoms with Crippen molar-refractivity contribution in [2.24, 2.45) is 0 Å². The fourth-order valence-electron chi connectivity index (χ4n) is 3.05. The molecule has 0 N–H and O–H groups in total. The number of halogens is 3. The van der Waals surface area contributed by atoms with Gasteiger partial charge in [-0.05, 0) is 19.9 Å². The van der Waals surface area contributed by atoms with Gasteiger partial charge in [-0.25, -0.2) is 14.8 Å². The lowest BCUT2D eigenvalue weighted by atomic mass is 10.2. The average molecular weight is 450 g/mol. The van der Waals surface area contributed by atoms with Crippen LogP contribution in [0.1, 0.15) is 25.0 Å². The number of hydrogen-bond donors (Lipinski definition) is 0. The number of rotatable bonds is 5. The fraction of sp³-hybridized carbons (Fsp3) is 0.450. The third-order valence-corrected chi connectivity index (χ3v) is 4.92. The molecule has 1 amide bonds. The van der Waals surface area contributed by atoms with Gasteiger partial charge < -0.3 is 19.3 Å². The molecule has 3 heterocycles. The summed E-state index contributed by atoms with van der Waals surface area (Å²) in [6.07, 6.45) is -1.77. The number of nitriles is 1. The number of ether oxygens (including phenoxy) is 2. The van der Waals surface area contributed by atoms with Crippen LogP contribution in [0.2, 0.25) is 0 Å². The second-order valence-corrected chi connectivity index (χ2v) is 7.21. The van der Waals surface area contributed by atoms with Crippen molar-refractivity contribution >= 4 is 12.0 Å². The highest BCUT2D eigenvalue weighted by Crippen LogP contribution is 2.24. The summed E-state index contributed by atoms with van der Waals surface area (Å²) in [5.41, 5.74) is 1.10. The third-order valence-electron chi connectivity index (χ3n) is 4.92. The van der Waals surface area contributed by atoms with Gasteiger partial charge in [0.15, 0.2) is 11.9 Å². The van der Waals surface area contributed by atoms with Gasteiger partial charge in [-0.15, -0.1) is 0 Å². The number of amides is 1. The molecule has 2 aromatic heterocycles. The van der Waals surface area contributed by atoms with E-state index in [1.54, 1.807) is 19.2 Å². The third kappa shape index (κ3) is 5.54. The minimum atomic E-state index is -4.61. The first-order valence-electron chi connectivity index (χ1n) is 9.75. The van der Waals surface area contributed by atoms with E-state index in [4.69, 9.17) is 10.00 Å². The number of piperazine rings is 1. The Labute approximate surface area is 182 Å². The maximum Gasteiger partial charge on any atom is 0.425 e. The Morgan fingerprint density at radius 3 is 2.66 bits per heavy atom. The summed E-state index contributed by atoms with van der Waals surface area (Å²) >= 11 is 0. The van der Waals surface area contributed by atoms with Crippen molar-refractivity contribution in [3.05, 3.63) is 42.0 Å². The molecule has 0 aliphatic carbocycles. The van der Waals surface area contributed by atoms with Crippen molar-refractivity contribution in [2.75, 3.05) is 24.5 Å². The SMILES string of the molecule is CC1CN(c2ncc(OCc3ccncc3C#N)cn2)CCN1C(=O)OC(C)C(F)(F)F. The number of alkyl halides is 3. The number of hydrogen-bond acceptors (Lipinski definition) is 8. The Morgan fingerprint density at radius 1 is 1.31 bits per heavy atom. The molecule has 1 aliphatic rings. The lowest BCUT2D eigenvalue weighted by Crippen LogP contribution is -2.55. The molecule has 1 fully saturated rings. The Kier molecular flexibility index (Phi) is 6.97. The Morgan fingerprint density at radius 2 is 2.03 bits per heavy atom. The van der Waals surface area contributed by atoms with Crippen molar-refractivity contribution in [3.63, 3.8) is 0 Å². The summed E-state index contributed by atoms with van der Waals surface area (Å²) in [7, 11) is 0. The van der Waals surface area contributed by atoms with Crippen molar-refractivity contribution < 1.29 is 27.4 Å². The monoisotopic (exact) mass is 450 g/mol. The summed E-state index contributed by atoms with van der Waals surface area (Å²) in [6, 6.07) is 3.34. The zero-order valence-electron chi connectivity index (χ0n) is 17.4. The van der Waals surface area contributed by atoms with Gasteiger partial charge in [-0.2, -0.15) is 18.4 Å². The van der Waals surface area contributed by atoms with Gasteiger partial charge in [0.1, 0.15) is 12.7 Å². The lowest BCUT2D eigenvalue weighted by Gasteiger charge is -2.39. The molecule has 0 aromatic carbocycles. The van der Waals surface area contributed by atoms with Gasteiger partial charge in [-0.3, -0.25) is 4.98 Å². The second kappa shape index (κ2) is 9.67. The molecule has 0 saturated carbocycles. The van der Waals surface area contributed by atoms with Crippen LogP contribution in [0.3, 0.4) is 0 Å². The molecule has 12 heteroatoms. The minimum Gasteiger partial charge on any atom is -0.486 e. The Bertz CT molecular complexity index is 980. The molecule has 1 aliphatic heterocycles. The molecule has 0 radical (unpaired) electrons. The standard InChI is InChI=1S/C20H21F3N6O3/c1-13-11-28(5-6-29(13)19(30)32-14(2)20(21,22)23)18-26-9-17(10-27-18)31-12-15-3-4-25-8-16(15)7-24/h3-4,8-10,13-14H,5-6,11-12H2,1-2H3. The van der Waals surface area contributed by atoms with E-state index >= 15 is 0 Å². The van der Waals surface area contributed by atoms with E-state index in [9.17, 15) is 18.0 Å². The smallest absolute Gasteiger partial charge is 0.425 e. The minimum absolute atomic E-state index is 0.155. The predicted octanol–water partition coefficient (Wildman–Crippen LogP) is 2.92. The zero-order valence-corrected chi connectivity index (χ0v) is 17.4. The number of pyridine rings is 1. The number of aromatic nitrogens is 3. The van der Waals surface area contributed by atoms with Crippen molar-refractivity contribution in [2.45, 2.75) is 38.8 Å². The molecule has 0 bridgehead atoms. The van der Waals surface area contributed by atoms with Crippen LogP contribution in [0.15, 0.2) is 30.9 Å². The average Bonchev–Trinajstić information content (AvgIpc) is 2.77. The van der Waals surface area contributed by atoms with E-state index < -0.39 is 24.4 Å². The molecule has 2 atom stereocenters. The van der Waals surface area contributed by atoms with Gasteiger partial charge in [0.25, 0.3) is 0 Å². The van der Waals surface area contributed by atoms with E-state index in [2.05, 4.69) is 19.7 Å². The molecule has 0 spiro atoms. The quantitative estimate of drug-likeness (QED) is 0.685. The van der Waals surface area contributed by atoms with E-state index in [0.29, 0.717) is 35.9 Å². The fourth-order valence-corrected chi connectivity index (χ4v) is 3.05. The first-order valence-corrected chi connectivity index (χ1v) is 9.75. The van der Waals surface area contributed by atoms with Gasteiger partial charge in [0.2, 0.25) is 5.95 Å². The van der Waals surface area contributed by atoms with Crippen molar-refractivity contribution in [3.8, 4) is 11.8 Å². The van der Waals surface area contributed by atoms with Crippen molar-refractivity contribution in [1.29, 1.82) is 5.26 Å². The van der Waals surface area contributed by atoms with Crippen LogP contribution < -0.4 is 9.64 Å². The topological polar surface area (TPSA) is 104 Å². The summed E-state index contributed by atoms with van der Waals surface area (Å²) in [4.78, 5) is 27.6. The van der Waals surface area contributed by atoms with Crippen LogP contribution in [0, 0.1) is 11.3 Å². The van der Waals surface area contributed by atoms with Gasteiger partial charge in [-0.1, -0.05) is 0 Å². The molecule has 9 nitrogen and oxygen atoms in total. The van der Waals surface area contributed by atoms with Gasteiger partial charge >= 0.3 is 12.3 Å². The van der Waals surface area contributed by atoms with Gasteiger partial charge in [0, 0.05) is 43.6 Å². The lowest BCUT2D eigenvalue weighted by molar-refractivity contribution is -0.200. The van der Waals surface area contributed by atoms with Crippen LogP contribution in [0.25, 0.3) is 0 Å². The molecular weight excluding hydrogens is 429 g/mol. The Balaban J connectivity index is 1.55. The first kappa shape index (κ1) is 23.1. The normalized spacial score (nSPS) is 17.4. The molecular formula is C20H21F3N6O3. The number of anilines is 1. The number of carbonyl (C=O) groups is 1. The van der Waals surface area contributed by atoms with E-state index in [0.717, 1.165) is 6.92 Å². The maximum absolute atomic E-state index is 12.6. The highest BCUT2D eigenvalue weighted by molar-refractivity contribution is 5.68. The van der Waals surface area contributed by atoms with Crippen LogP contribution >= 0.6 is 0 Å². The number of carbonyl (C=O) groups excluding carboxylic acids is 1. The zero-order chi connectivity index (χ0) is 23.3. The van der Waals surface area contributed by atoms with Crippen LogP contribution in [0.4, 0.5) is 23.9 Å². The predicted molar refractivity (Wildman–Crippen MR) is 106 cm³/mol. The summed E-state index contributed by atoms with van der Waals surface area (Å²) in [6.45, 7) is 3.50. The van der Waals surface area contributed by atoms with E-state index in [1.807, 2.05) is 11.0 Å². The maximum atomic E-state index is 12.6. The van der Waals surface area contributed by atoms with E-state index in [-0.39, 0.29) is 13.2 Å². The van der Waals surface area contributed by atoms with Crippen molar-refractivity contribution in [1.82, 2.24) is 19.9 Å². The summed E-state index contributed by atoms with van der Waals surface area (Å²) < 4.78 is 48.1. The largest absolute Gasteiger partial charge is 0.486 e. The highest BCUT2D eigenvalue weighted by Gasteiger charge is 2.41. The second-order valence-electron chi connectivity index (χ2n) is 7.21. The van der Waals surface area contributed by atoms with Gasteiger partial charge in [0.05, 0.1) is 18.0 Å². The van der Waals surface area contributed by atoms with E-state index in [1.165, 1.54) is 23.5 Å². The molecule has 170 valence electrons. The highest BCUT2D eigenvalue weighted by atomic mass is 19.4. The van der Waals surface area contributed by atoms with Crippen LogP contribution in [0.5, 0.6) is 5.75 Å². The number of nitrogens with zero attached hydrogens (tertiary/aromatic N) is 6. The Hall–Kier alpha value is -3.62. The molecule has 32 heavy (non-hydrogen) atoms. The molecule has 2 aromatic rings. The molecule has 3 rings (SSSR count). The summed E-state index contributed by atoms with van der Waals surface area (Å²) in [5, 5.41) is 9.09. The molecule has 1 saturated heterocycles. The summed E-state index contributed by atoms with van der Waals surface area (Å²) in [5.74, 6) is 0.813. The van der Waals surface area contributed by atoms with Crippen LogP contribution in [-0.2, 0) is 11.3 Å². The van der Waals surface area contributed by atoms with Crippen LogP contribution in [-0.4, -0.2) is 63.9 Å². The molecule has 2 unspecified atom stereocenters. The first-order chi connectivity index (χ1) is 15.2.